The van der Waals surface area contributed by atoms with Gasteiger partial charge in [-0.05, 0) is 12.5 Å². The molecule has 0 spiro atoms. The number of aromatic nitrogens is 2. The molecule has 0 radical (unpaired) electrons. The summed E-state index contributed by atoms with van der Waals surface area (Å²) in [6.07, 6.45) is 2.15. The van der Waals surface area contributed by atoms with Crippen molar-refractivity contribution in [3.8, 4) is 11.3 Å². The van der Waals surface area contributed by atoms with Gasteiger partial charge in [-0.2, -0.15) is 5.10 Å². The molecule has 22 heavy (non-hydrogen) atoms. The van der Waals surface area contributed by atoms with Gasteiger partial charge in [0.2, 0.25) is 0 Å². The van der Waals surface area contributed by atoms with Gasteiger partial charge in [0.1, 0.15) is 0 Å². The lowest BCUT2D eigenvalue weighted by Gasteiger charge is -2.07. The summed E-state index contributed by atoms with van der Waals surface area (Å²) < 4.78 is 5.13. The standard InChI is InChI=1S/C15H18ClN3O3/c16-13-5-2-1-4-11(13)14-12(10-18-19-14)15(21)17-6-3-8-22-9-7-20/h1-2,4-5,10,20H,3,6-9H2,(H,17,21)(H,18,19). The van der Waals surface area contributed by atoms with E-state index < -0.39 is 0 Å². The van der Waals surface area contributed by atoms with E-state index in [1.807, 2.05) is 18.2 Å². The first-order valence-electron chi connectivity index (χ1n) is 6.99. The number of hydrogen-bond donors (Lipinski definition) is 3. The van der Waals surface area contributed by atoms with Gasteiger partial charge in [0, 0.05) is 23.7 Å². The van der Waals surface area contributed by atoms with Crippen molar-refractivity contribution in [2.75, 3.05) is 26.4 Å². The number of amides is 1. The Labute approximate surface area is 133 Å². The number of nitrogens with zero attached hydrogens (tertiary/aromatic N) is 1. The zero-order valence-corrected chi connectivity index (χ0v) is 12.8. The summed E-state index contributed by atoms with van der Waals surface area (Å²) in [5.74, 6) is -0.217. The quantitative estimate of drug-likeness (QED) is 0.647. The summed E-state index contributed by atoms with van der Waals surface area (Å²) >= 11 is 6.15. The summed E-state index contributed by atoms with van der Waals surface area (Å²) in [7, 11) is 0. The molecule has 0 aliphatic heterocycles. The van der Waals surface area contributed by atoms with Gasteiger partial charge in [-0.25, -0.2) is 0 Å². The number of aliphatic hydroxyl groups is 1. The lowest BCUT2D eigenvalue weighted by Crippen LogP contribution is -2.25. The fraction of sp³-hybridized carbons (Fsp3) is 0.333. The lowest BCUT2D eigenvalue weighted by atomic mass is 10.1. The average Bonchev–Trinajstić information content (AvgIpc) is 3.00. The fourth-order valence-electron chi connectivity index (χ4n) is 1.97. The van der Waals surface area contributed by atoms with E-state index in [1.165, 1.54) is 6.20 Å². The smallest absolute Gasteiger partial charge is 0.255 e. The van der Waals surface area contributed by atoms with Crippen LogP contribution in [0.3, 0.4) is 0 Å². The van der Waals surface area contributed by atoms with Gasteiger partial charge in [-0.1, -0.05) is 29.8 Å². The van der Waals surface area contributed by atoms with E-state index in [2.05, 4.69) is 15.5 Å². The first kappa shape index (κ1) is 16.5. The summed E-state index contributed by atoms with van der Waals surface area (Å²) in [6.45, 7) is 1.29. The van der Waals surface area contributed by atoms with E-state index in [9.17, 15) is 4.79 Å². The van der Waals surface area contributed by atoms with Gasteiger partial charge in [0.25, 0.3) is 5.91 Å². The van der Waals surface area contributed by atoms with Crippen molar-refractivity contribution < 1.29 is 14.6 Å². The molecule has 0 bridgehead atoms. The van der Waals surface area contributed by atoms with Crippen LogP contribution in [-0.2, 0) is 4.74 Å². The normalized spacial score (nSPS) is 10.6. The molecule has 0 aliphatic rings. The first-order valence-corrected chi connectivity index (χ1v) is 7.37. The van der Waals surface area contributed by atoms with Crippen LogP contribution in [0.5, 0.6) is 0 Å². The molecule has 0 fully saturated rings. The minimum Gasteiger partial charge on any atom is -0.394 e. The Bertz CT molecular complexity index is 616. The summed E-state index contributed by atoms with van der Waals surface area (Å²) in [5.41, 5.74) is 1.78. The van der Waals surface area contributed by atoms with Crippen LogP contribution in [-0.4, -0.2) is 47.6 Å². The van der Waals surface area contributed by atoms with Gasteiger partial charge in [0.05, 0.1) is 30.7 Å². The predicted molar refractivity (Wildman–Crippen MR) is 83.9 cm³/mol. The summed E-state index contributed by atoms with van der Waals surface area (Å²) in [4.78, 5) is 12.2. The second-order valence-electron chi connectivity index (χ2n) is 4.58. The third-order valence-electron chi connectivity index (χ3n) is 3.01. The topological polar surface area (TPSA) is 87.2 Å². The minimum atomic E-state index is -0.217. The van der Waals surface area contributed by atoms with E-state index in [-0.39, 0.29) is 12.5 Å². The van der Waals surface area contributed by atoms with Crippen LogP contribution >= 0.6 is 11.6 Å². The van der Waals surface area contributed by atoms with Crippen molar-refractivity contribution in [2.45, 2.75) is 6.42 Å². The Morgan fingerprint density at radius 1 is 1.36 bits per heavy atom. The van der Waals surface area contributed by atoms with Crippen molar-refractivity contribution in [1.29, 1.82) is 0 Å². The van der Waals surface area contributed by atoms with Crippen LogP contribution in [0.2, 0.25) is 5.02 Å². The maximum absolute atomic E-state index is 12.2. The number of ether oxygens (including phenoxy) is 1. The van der Waals surface area contributed by atoms with E-state index in [0.29, 0.717) is 42.5 Å². The second-order valence-corrected chi connectivity index (χ2v) is 4.99. The van der Waals surface area contributed by atoms with Crippen molar-refractivity contribution in [2.24, 2.45) is 0 Å². The number of aromatic amines is 1. The highest BCUT2D eigenvalue weighted by molar-refractivity contribution is 6.33. The fourth-order valence-corrected chi connectivity index (χ4v) is 2.20. The van der Waals surface area contributed by atoms with Crippen molar-refractivity contribution in [3.05, 3.63) is 41.0 Å². The van der Waals surface area contributed by atoms with Crippen LogP contribution in [0.4, 0.5) is 0 Å². The Balaban J connectivity index is 1.95. The Morgan fingerprint density at radius 3 is 2.95 bits per heavy atom. The van der Waals surface area contributed by atoms with Crippen LogP contribution in [0.15, 0.2) is 30.5 Å². The molecule has 2 rings (SSSR count). The number of aliphatic hydroxyl groups excluding tert-OH is 1. The summed E-state index contributed by atoms with van der Waals surface area (Å²) in [6, 6.07) is 7.27. The maximum Gasteiger partial charge on any atom is 0.255 e. The third-order valence-corrected chi connectivity index (χ3v) is 3.34. The predicted octanol–water partition coefficient (Wildman–Crippen LogP) is 1.86. The molecule has 1 aromatic carbocycles. The second kappa shape index (κ2) is 8.53. The highest BCUT2D eigenvalue weighted by atomic mass is 35.5. The average molecular weight is 324 g/mol. The molecule has 0 aliphatic carbocycles. The van der Waals surface area contributed by atoms with Crippen molar-refractivity contribution in [1.82, 2.24) is 15.5 Å². The number of benzene rings is 1. The molecule has 1 heterocycles. The van der Waals surface area contributed by atoms with E-state index in [0.717, 1.165) is 5.56 Å². The first-order chi connectivity index (χ1) is 10.7. The molecule has 1 aromatic heterocycles. The Kier molecular flexibility index (Phi) is 6.39. The van der Waals surface area contributed by atoms with Gasteiger partial charge in [-0.15, -0.1) is 0 Å². The van der Waals surface area contributed by atoms with Gasteiger partial charge in [-0.3, -0.25) is 9.89 Å². The number of carbonyl (C=O) groups excluding carboxylic acids is 1. The maximum atomic E-state index is 12.2. The number of hydrogen-bond acceptors (Lipinski definition) is 4. The molecule has 2 aromatic rings. The zero-order valence-electron chi connectivity index (χ0n) is 12.0. The van der Waals surface area contributed by atoms with Crippen LogP contribution in [0.25, 0.3) is 11.3 Å². The number of rotatable bonds is 8. The molecule has 0 atom stereocenters. The SMILES string of the molecule is O=C(NCCCOCCO)c1cn[nH]c1-c1ccccc1Cl. The minimum absolute atomic E-state index is 0.00255. The monoisotopic (exact) mass is 323 g/mol. The van der Waals surface area contributed by atoms with Gasteiger partial charge in [0.15, 0.2) is 0 Å². The molecule has 6 nitrogen and oxygen atoms in total. The molecule has 0 saturated carbocycles. The Morgan fingerprint density at radius 2 is 2.18 bits per heavy atom. The van der Waals surface area contributed by atoms with Crippen molar-refractivity contribution in [3.63, 3.8) is 0 Å². The van der Waals surface area contributed by atoms with E-state index >= 15 is 0 Å². The van der Waals surface area contributed by atoms with Gasteiger partial charge >= 0.3 is 0 Å². The van der Waals surface area contributed by atoms with Crippen LogP contribution in [0.1, 0.15) is 16.8 Å². The number of H-pyrrole nitrogens is 1. The zero-order chi connectivity index (χ0) is 15.8. The lowest BCUT2D eigenvalue weighted by molar-refractivity contribution is 0.0868. The third kappa shape index (κ3) is 4.30. The Hall–Kier alpha value is -1.89. The molecule has 0 saturated heterocycles. The van der Waals surface area contributed by atoms with Gasteiger partial charge < -0.3 is 15.2 Å². The summed E-state index contributed by atoms with van der Waals surface area (Å²) in [5, 5.41) is 18.7. The van der Waals surface area contributed by atoms with Crippen molar-refractivity contribution >= 4 is 17.5 Å². The van der Waals surface area contributed by atoms with Crippen LogP contribution < -0.4 is 5.32 Å². The molecule has 0 unspecified atom stereocenters. The number of carbonyl (C=O) groups is 1. The molecule has 118 valence electrons. The van der Waals surface area contributed by atoms with E-state index in [1.54, 1.807) is 6.07 Å². The van der Waals surface area contributed by atoms with Crippen LogP contribution in [0, 0.1) is 0 Å². The largest absolute Gasteiger partial charge is 0.394 e. The molecule has 3 N–H and O–H groups in total. The molecular weight excluding hydrogens is 306 g/mol. The van der Waals surface area contributed by atoms with E-state index in [4.69, 9.17) is 21.4 Å². The molecule has 7 heteroatoms. The number of halogens is 1. The molecule has 1 amide bonds. The highest BCUT2D eigenvalue weighted by Gasteiger charge is 2.16. The highest BCUT2D eigenvalue weighted by Crippen LogP contribution is 2.28. The molecular formula is C15H18ClN3O3. The number of nitrogens with one attached hydrogen (secondary N) is 2.